The van der Waals surface area contributed by atoms with Crippen molar-refractivity contribution in [1.82, 2.24) is 35.5 Å². The quantitative estimate of drug-likeness (QED) is 0.260. The summed E-state index contributed by atoms with van der Waals surface area (Å²) in [6.45, 7) is 1.50. The van der Waals surface area contributed by atoms with Crippen molar-refractivity contribution in [3.63, 3.8) is 0 Å². The van der Waals surface area contributed by atoms with Crippen LogP contribution in [0, 0.1) is 0 Å². The molecule has 8 nitrogen and oxygen atoms in total. The Balaban J connectivity index is 1.16. The van der Waals surface area contributed by atoms with Gasteiger partial charge in [-0.3, -0.25) is 14.9 Å². The Kier molecular flexibility index (Phi) is 6.53. The molecule has 2 aromatic carbocycles. The van der Waals surface area contributed by atoms with E-state index in [2.05, 4.69) is 54.7 Å². The van der Waals surface area contributed by atoms with Gasteiger partial charge >= 0.3 is 0 Å². The second kappa shape index (κ2) is 10.6. The summed E-state index contributed by atoms with van der Waals surface area (Å²) in [4.78, 5) is 28.7. The summed E-state index contributed by atoms with van der Waals surface area (Å²) < 4.78 is 0. The lowest BCUT2D eigenvalue weighted by atomic mass is 9.97. The van der Waals surface area contributed by atoms with Crippen molar-refractivity contribution < 1.29 is 0 Å². The maximum Gasteiger partial charge on any atom is 0.257 e. The van der Waals surface area contributed by atoms with Gasteiger partial charge in [-0.15, -0.1) is 0 Å². The summed E-state index contributed by atoms with van der Waals surface area (Å²) in [5.41, 5.74) is 6.45. The molecule has 0 spiro atoms. The minimum absolute atomic E-state index is 0.140. The molecule has 3 N–H and O–H groups in total. The third kappa shape index (κ3) is 4.98. The minimum atomic E-state index is -0.140. The van der Waals surface area contributed by atoms with Gasteiger partial charge in [0.2, 0.25) is 0 Å². The van der Waals surface area contributed by atoms with E-state index in [4.69, 9.17) is 4.98 Å². The van der Waals surface area contributed by atoms with E-state index >= 15 is 0 Å². The fraction of sp³-hybridized carbons (Fsp3) is 0.100. The summed E-state index contributed by atoms with van der Waals surface area (Å²) in [7, 11) is 0. The highest BCUT2D eigenvalue weighted by atomic mass is 16.1. The largest absolute Gasteiger partial charge is 0.328 e. The van der Waals surface area contributed by atoms with E-state index in [-0.39, 0.29) is 5.56 Å². The van der Waals surface area contributed by atoms with Gasteiger partial charge < -0.3 is 10.3 Å². The van der Waals surface area contributed by atoms with Crippen LogP contribution in [0.25, 0.3) is 44.7 Å². The number of H-pyrrole nitrogens is 2. The van der Waals surface area contributed by atoms with E-state index in [1.165, 1.54) is 5.56 Å². The molecule has 8 heteroatoms. The molecule has 4 aromatic heterocycles. The zero-order chi connectivity index (χ0) is 25.7. The van der Waals surface area contributed by atoms with E-state index in [0.29, 0.717) is 16.7 Å². The Morgan fingerprint density at radius 2 is 1.63 bits per heavy atom. The fourth-order valence-electron chi connectivity index (χ4n) is 4.43. The van der Waals surface area contributed by atoms with Crippen molar-refractivity contribution in [1.29, 1.82) is 0 Å². The van der Waals surface area contributed by atoms with Gasteiger partial charge in [-0.2, -0.15) is 5.10 Å². The molecule has 0 radical (unpaired) electrons. The highest BCUT2D eigenvalue weighted by molar-refractivity contribution is 5.91. The van der Waals surface area contributed by atoms with Crippen LogP contribution in [0.1, 0.15) is 11.4 Å². The monoisotopic (exact) mass is 499 g/mol. The van der Waals surface area contributed by atoms with E-state index in [1.807, 2.05) is 54.6 Å². The van der Waals surface area contributed by atoms with Gasteiger partial charge in [0.1, 0.15) is 5.82 Å². The number of hydrogen-bond acceptors (Lipinski definition) is 6. The van der Waals surface area contributed by atoms with Crippen molar-refractivity contribution in [3.8, 4) is 33.8 Å². The molecule has 0 saturated heterocycles. The molecule has 38 heavy (non-hydrogen) atoms. The lowest BCUT2D eigenvalue weighted by Crippen LogP contribution is -2.17. The predicted molar refractivity (Wildman–Crippen MR) is 148 cm³/mol. The van der Waals surface area contributed by atoms with E-state index in [1.54, 1.807) is 18.6 Å². The van der Waals surface area contributed by atoms with Crippen LogP contribution in [0.3, 0.4) is 0 Å². The number of hydrogen-bond donors (Lipinski definition) is 3. The third-order valence-corrected chi connectivity index (χ3v) is 6.40. The lowest BCUT2D eigenvalue weighted by Gasteiger charge is -2.12. The zero-order valence-corrected chi connectivity index (χ0v) is 20.6. The normalized spacial score (nSPS) is 11.2. The molecule has 0 saturated carbocycles. The summed E-state index contributed by atoms with van der Waals surface area (Å²) in [5.74, 6) is 1.52. The van der Waals surface area contributed by atoms with Crippen LogP contribution in [0.2, 0.25) is 0 Å². The molecule has 6 aromatic rings. The average Bonchev–Trinajstić information content (AvgIpc) is 3.45. The number of aromatic amines is 2. The first-order valence-corrected chi connectivity index (χ1v) is 12.4. The first kappa shape index (κ1) is 23.4. The SMILES string of the molecule is O=c1[nH]ccc2nc(-c3ccc(CNCCc4nc(-c5ccncc5)n[nH]4)cc3)c(-c3ccccc3)cc12. The van der Waals surface area contributed by atoms with Crippen molar-refractivity contribution >= 4 is 10.9 Å². The molecular weight excluding hydrogens is 474 g/mol. The summed E-state index contributed by atoms with van der Waals surface area (Å²) in [6, 6.07) is 26.0. The van der Waals surface area contributed by atoms with E-state index in [9.17, 15) is 4.79 Å². The van der Waals surface area contributed by atoms with Crippen LogP contribution in [0.15, 0.2) is 102 Å². The second-order valence-electron chi connectivity index (χ2n) is 8.96. The molecular formula is C30H25N7O. The van der Waals surface area contributed by atoms with E-state index in [0.717, 1.165) is 53.3 Å². The summed E-state index contributed by atoms with van der Waals surface area (Å²) in [6.07, 6.45) is 5.85. The van der Waals surface area contributed by atoms with Crippen molar-refractivity contribution in [2.24, 2.45) is 0 Å². The first-order chi connectivity index (χ1) is 18.7. The van der Waals surface area contributed by atoms with Crippen molar-refractivity contribution in [2.45, 2.75) is 13.0 Å². The molecule has 0 unspecified atom stereocenters. The molecule has 0 atom stereocenters. The van der Waals surface area contributed by atoms with Crippen LogP contribution in [0.5, 0.6) is 0 Å². The maximum atomic E-state index is 12.4. The first-order valence-electron chi connectivity index (χ1n) is 12.4. The Bertz CT molecular complexity index is 1730. The van der Waals surface area contributed by atoms with Gasteiger partial charge in [-0.05, 0) is 35.4 Å². The Morgan fingerprint density at radius 1 is 0.816 bits per heavy atom. The number of benzene rings is 2. The summed E-state index contributed by atoms with van der Waals surface area (Å²) >= 11 is 0. The van der Waals surface area contributed by atoms with Crippen molar-refractivity contribution in [2.75, 3.05) is 6.54 Å². The molecule has 0 aliphatic carbocycles. The topological polar surface area (TPSA) is 112 Å². The zero-order valence-electron chi connectivity index (χ0n) is 20.6. The van der Waals surface area contributed by atoms with Gasteiger partial charge in [-0.1, -0.05) is 54.6 Å². The van der Waals surface area contributed by atoms with Crippen LogP contribution >= 0.6 is 0 Å². The van der Waals surface area contributed by atoms with Crippen LogP contribution < -0.4 is 10.9 Å². The number of nitrogens with zero attached hydrogens (tertiary/aromatic N) is 4. The van der Waals surface area contributed by atoms with Gasteiger partial charge in [0.05, 0.1) is 16.6 Å². The standard InChI is InChI=1S/C30H25N7O/c38-30-25-18-24(21-4-2-1-3-5-21)28(34-26(25)12-17-33-30)22-8-6-20(7-9-22)19-32-16-13-27-35-29(37-36-27)23-10-14-31-15-11-23/h1-12,14-15,17-18,32H,13,16,19H2,(H,33,38)(H,35,36,37). The number of fused-ring (bicyclic) bond motifs is 1. The van der Waals surface area contributed by atoms with E-state index < -0.39 is 0 Å². The Hall–Kier alpha value is -4.95. The predicted octanol–water partition coefficient (Wildman–Crippen LogP) is 4.77. The Morgan fingerprint density at radius 3 is 2.45 bits per heavy atom. The number of rotatable bonds is 8. The van der Waals surface area contributed by atoms with Crippen molar-refractivity contribution in [3.05, 3.63) is 119 Å². The molecule has 6 rings (SSSR count). The maximum absolute atomic E-state index is 12.4. The molecule has 0 fully saturated rings. The molecule has 0 aliphatic rings. The second-order valence-corrected chi connectivity index (χ2v) is 8.96. The Labute approximate surface area is 218 Å². The van der Waals surface area contributed by atoms with Gasteiger partial charge in [-0.25, -0.2) is 9.97 Å². The molecule has 4 heterocycles. The van der Waals surface area contributed by atoms with Crippen LogP contribution in [-0.4, -0.2) is 36.7 Å². The number of nitrogens with one attached hydrogen (secondary N) is 3. The summed E-state index contributed by atoms with van der Waals surface area (Å²) in [5, 5.41) is 11.4. The van der Waals surface area contributed by atoms with Gasteiger partial charge in [0.25, 0.3) is 5.56 Å². The van der Waals surface area contributed by atoms with Crippen LogP contribution in [0.4, 0.5) is 0 Å². The lowest BCUT2D eigenvalue weighted by molar-refractivity contribution is 0.672. The van der Waals surface area contributed by atoms with Gasteiger partial charge in [0, 0.05) is 54.8 Å². The highest BCUT2D eigenvalue weighted by Crippen LogP contribution is 2.32. The van der Waals surface area contributed by atoms with Crippen LogP contribution in [-0.2, 0) is 13.0 Å². The molecule has 186 valence electrons. The third-order valence-electron chi connectivity index (χ3n) is 6.40. The molecule has 0 amide bonds. The molecule has 0 aliphatic heterocycles. The minimum Gasteiger partial charge on any atom is -0.328 e. The highest BCUT2D eigenvalue weighted by Gasteiger charge is 2.13. The smallest absolute Gasteiger partial charge is 0.257 e. The van der Waals surface area contributed by atoms with Gasteiger partial charge in [0.15, 0.2) is 5.82 Å². The number of aromatic nitrogens is 6. The fourth-order valence-corrected chi connectivity index (χ4v) is 4.43. The average molecular weight is 500 g/mol. The number of pyridine rings is 3. The molecule has 0 bridgehead atoms.